The number of ether oxygens (including phenoxy) is 1. The van der Waals surface area contributed by atoms with E-state index in [1.165, 1.54) is 51.4 Å². The molecule has 2 N–H and O–H groups in total. The molecule has 1 aromatic carbocycles. The van der Waals surface area contributed by atoms with E-state index in [2.05, 4.69) is 60.6 Å². The van der Waals surface area contributed by atoms with E-state index in [-0.39, 0.29) is 0 Å². The number of benzene rings is 1. The van der Waals surface area contributed by atoms with Gasteiger partial charge in [-0.15, -0.1) is 0 Å². The minimum Gasteiger partial charge on any atom is -0.382 e. The lowest BCUT2D eigenvalue weighted by Gasteiger charge is -2.19. The predicted octanol–water partition coefficient (Wildman–Crippen LogP) is 5.97. The highest BCUT2D eigenvalue weighted by Gasteiger charge is 2.02. The lowest BCUT2D eigenvalue weighted by Crippen LogP contribution is -2.28. The SMILES string of the molecule is CCCCCCCCCCOCNc1ccccc1NCCN(CC)CC. The lowest BCUT2D eigenvalue weighted by molar-refractivity contribution is 0.147. The Morgan fingerprint density at radius 3 is 2.00 bits per heavy atom. The van der Waals surface area contributed by atoms with E-state index < -0.39 is 0 Å². The average Bonchev–Trinajstić information content (AvgIpc) is 2.70. The summed E-state index contributed by atoms with van der Waals surface area (Å²) in [5, 5.41) is 6.95. The third-order valence-corrected chi connectivity index (χ3v) is 5.07. The van der Waals surface area contributed by atoms with Crippen LogP contribution >= 0.6 is 0 Å². The van der Waals surface area contributed by atoms with Crippen LogP contribution in [0.3, 0.4) is 0 Å². The summed E-state index contributed by atoms with van der Waals surface area (Å²) < 4.78 is 5.77. The molecule has 1 rings (SSSR count). The molecular weight excluding hydrogens is 334 g/mol. The van der Waals surface area contributed by atoms with Crippen molar-refractivity contribution >= 4 is 11.4 Å². The molecule has 1 aromatic rings. The Kier molecular flexibility index (Phi) is 14.9. The van der Waals surface area contributed by atoms with Gasteiger partial charge in [0.15, 0.2) is 0 Å². The smallest absolute Gasteiger partial charge is 0.116 e. The van der Waals surface area contributed by atoms with Crippen LogP contribution in [-0.2, 0) is 4.74 Å². The molecule has 0 aliphatic rings. The van der Waals surface area contributed by atoms with Crippen molar-refractivity contribution in [3.63, 3.8) is 0 Å². The fourth-order valence-electron chi connectivity index (χ4n) is 3.22. The van der Waals surface area contributed by atoms with Crippen LogP contribution in [0.4, 0.5) is 11.4 Å². The Hall–Kier alpha value is -1.26. The van der Waals surface area contributed by atoms with Crippen LogP contribution in [0, 0.1) is 0 Å². The molecule has 0 aliphatic heterocycles. The molecule has 156 valence electrons. The normalized spacial score (nSPS) is 11.1. The molecular formula is C23H43N3O. The van der Waals surface area contributed by atoms with E-state index in [0.29, 0.717) is 6.73 Å². The van der Waals surface area contributed by atoms with E-state index >= 15 is 0 Å². The molecule has 0 amide bonds. The molecule has 0 atom stereocenters. The minimum absolute atomic E-state index is 0.575. The second-order valence-corrected chi connectivity index (χ2v) is 7.20. The van der Waals surface area contributed by atoms with E-state index in [1.54, 1.807) is 0 Å². The predicted molar refractivity (Wildman–Crippen MR) is 120 cm³/mol. The van der Waals surface area contributed by atoms with Gasteiger partial charge < -0.3 is 20.3 Å². The summed E-state index contributed by atoms with van der Waals surface area (Å²) in [6.07, 6.45) is 10.7. The van der Waals surface area contributed by atoms with Gasteiger partial charge in [0.05, 0.1) is 11.4 Å². The second-order valence-electron chi connectivity index (χ2n) is 7.20. The van der Waals surface area contributed by atoms with Crippen LogP contribution in [0.15, 0.2) is 24.3 Å². The van der Waals surface area contributed by atoms with E-state index in [0.717, 1.165) is 44.2 Å². The van der Waals surface area contributed by atoms with Gasteiger partial charge >= 0.3 is 0 Å². The van der Waals surface area contributed by atoms with Gasteiger partial charge in [-0.2, -0.15) is 0 Å². The molecule has 27 heavy (non-hydrogen) atoms. The van der Waals surface area contributed by atoms with Crippen molar-refractivity contribution in [1.82, 2.24) is 4.90 Å². The number of hydrogen-bond donors (Lipinski definition) is 2. The topological polar surface area (TPSA) is 36.5 Å². The molecule has 4 nitrogen and oxygen atoms in total. The molecule has 0 aliphatic carbocycles. The number of unbranched alkanes of at least 4 members (excludes halogenated alkanes) is 7. The molecule has 0 radical (unpaired) electrons. The summed E-state index contributed by atoms with van der Waals surface area (Å²) in [7, 11) is 0. The number of anilines is 2. The maximum atomic E-state index is 5.77. The number of para-hydroxylation sites is 2. The zero-order valence-corrected chi connectivity index (χ0v) is 18.1. The van der Waals surface area contributed by atoms with Crippen LogP contribution in [-0.4, -0.2) is 44.4 Å². The van der Waals surface area contributed by atoms with Crippen LogP contribution < -0.4 is 10.6 Å². The van der Waals surface area contributed by atoms with E-state index in [1.807, 2.05) is 0 Å². The zero-order chi connectivity index (χ0) is 19.6. The molecule has 0 aromatic heterocycles. The molecule has 0 spiro atoms. The summed E-state index contributed by atoms with van der Waals surface area (Å²) in [4.78, 5) is 2.43. The van der Waals surface area contributed by atoms with E-state index in [9.17, 15) is 0 Å². The third kappa shape index (κ3) is 11.9. The Morgan fingerprint density at radius 2 is 1.37 bits per heavy atom. The first-order valence-electron chi connectivity index (χ1n) is 11.2. The van der Waals surface area contributed by atoms with Gasteiger partial charge in [-0.05, 0) is 31.6 Å². The number of rotatable bonds is 18. The van der Waals surface area contributed by atoms with Crippen molar-refractivity contribution < 1.29 is 4.74 Å². The minimum atomic E-state index is 0.575. The van der Waals surface area contributed by atoms with Gasteiger partial charge in [-0.25, -0.2) is 0 Å². The first-order chi connectivity index (χ1) is 13.3. The Labute approximate surface area is 168 Å². The molecule has 0 heterocycles. The van der Waals surface area contributed by atoms with Gasteiger partial charge in [0.25, 0.3) is 0 Å². The summed E-state index contributed by atoms with van der Waals surface area (Å²) in [5.41, 5.74) is 2.27. The van der Waals surface area contributed by atoms with Crippen molar-refractivity contribution in [3.8, 4) is 0 Å². The van der Waals surface area contributed by atoms with Crippen molar-refractivity contribution in [1.29, 1.82) is 0 Å². The highest BCUT2D eigenvalue weighted by atomic mass is 16.5. The van der Waals surface area contributed by atoms with Gasteiger partial charge in [0.1, 0.15) is 6.73 Å². The van der Waals surface area contributed by atoms with Crippen molar-refractivity contribution in [2.45, 2.75) is 72.1 Å². The zero-order valence-electron chi connectivity index (χ0n) is 18.1. The van der Waals surface area contributed by atoms with Gasteiger partial charge in [-0.3, -0.25) is 0 Å². The summed E-state index contributed by atoms with van der Waals surface area (Å²) in [6, 6.07) is 8.38. The number of hydrogen-bond acceptors (Lipinski definition) is 4. The number of nitrogens with zero attached hydrogens (tertiary/aromatic N) is 1. The molecule has 0 bridgehead atoms. The highest BCUT2D eigenvalue weighted by Crippen LogP contribution is 2.20. The monoisotopic (exact) mass is 377 g/mol. The van der Waals surface area contributed by atoms with Crippen LogP contribution in [0.1, 0.15) is 72.1 Å². The van der Waals surface area contributed by atoms with Gasteiger partial charge in [0, 0.05) is 19.7 Å². The maximum absolute atomic E-state index is 5.77. The number of nitrogens with one attached hydrogen (secondary N) is 2. The molecule has 0 fully saturated rings. The van der Waals surface area contributed by atoms with Crippen molar-refractivity contribution in [3.05, 3.63) is 24.3 Å². The lowest BCUT2D eigenvalue weighted by atomic mass is 10.1. The number of likely N-dealkylation sites (N-methyl/N-ethyl adjacent to an activating group) is 1. The quantitative estimate of drug-likeness (QED) is 0.244. The summed E-state index contributed by atoms with van der Waals surface area (Å²) in [6.45, 7) is 12.3. The first kappa shape index (κ1) is 23.8. The summed E-state index contributed by atoms with van der Waals surface area (Å²) >= 11 is 0. The van der Waals surface area contributed by atoms with Gasteiger partial charge in [-0.1, -0.05) is 77.8 Å². The fourth-order valence-corrected chi connectivity index (χ4v) is 3.22. The fraction of sp³-hybridized carbons (Fsp3) is 0.739. The Bertz CT molecular complexity index is 449. The Balaban J connectivity index is 2.11. The molecule has 0 unspecified atom stereocenters. The highest BCUT2D eigenvalue weighted by molar-refractivity contribution is 5.68. The molecule has 0 saturated carbocycles. The van der Waals surface area contributed by atoms with Crippen LogP contribution in [0.5, 0.6) is 0 Å². The summed E-state index contributed by atoms with van der Waals surface area (Å²) in [5.74, 6) is 0. The average molecular weight is 378 g/mol. The van der Waals surface area contributed by atoms with Crippen molar-refractivity contribution in [2.75, 3.05) is 50.2 Å². The molecule has 0 saturated heterocycles. The third-order valence-electron chi connectivity index (χ3n) is 5.07. The van der Waals surface area contributed by atoms with Crippen molar-refractivity contribution in [2.24, 2.45) is 0 Å². The van der Waals surface area contributed by atoms with E-state index in [4.69, 9.17) is 4.74 Å². The second kappa shape index (κ2) is 16.9. The maximum Gasteiger partial charge on any atom is 0.116 e. The molecule has 4 heteroatoms. The van der Waals surface area contributed by atoms with Gasteiger partial charge in [0.2, 0.25) is 0 Å². The Morgan fingerprint density at radius 1 is 0.778 bits per heavy atom. The standard InChI is InChI=1S/C23H43N3O/c1-4-7-8-9-10-11-12-15-20-27-21-25-23-17-14-13-16-22(23)24-18-19-26(5-2)6-3/h13-14,16-17,24-25H,4-12,15,18-21H2,1-3H3. The first-order valence-corrected chi connectivity index (χ1v) is 11.2. The van der Waals surface area contributed by atoms with Crippen LogP contribution in [0.25, 0.3) is 0 Å². The van der Waals surface area contributed by atoms with Crippen LogP contribution in [0.2, 0.25) is 0 Å². The largest absolute Gasteiger partial charge is 0.382 e.